The number of hydrogen-bond donors (Lipinski definition) is 5. The molecule has 0 aromatic heterocycles. The number of halogens is 6. The predicted octanol–water partition coefficient (Wildman–Crippen LogP) is 11.9. The molecule has 8 nitrogen and oxygen atoms in total. The van der Waals surface area contributed by atoms with E-state index in [1.807, 2.05) is 0 Å². The van der Waals surface area contributed by atoms with Crippen LogP contribution in [0.15, 0.2) is 102 Å². The van der Waals surface area contributed by atoms with Crippen molar-refractivity contribution < 1.29 is 19.8 Å². The van der Waals surface area contributed by atoms with Crippen molar-refractivity contribution in [2.45, 2.75) is 0 Å². The first-order valence-electron chi connectivity index (χ1n) is 13.5. The van der Waals surface area contributed by atoms with Gasteiger partial charge in [-0.1, -0.05) is 81.7 Å². The molecule has 6 rings (SSSR count). The number of nitrogens with zero attached hydrogens (tertiary/aromatic N) is 1. The largest absolute Gasteiger partial charge is 0.508 e. The van der Waals surface area contributed by atoms with Crippen LogP contribution in [0.25, 0.3) is 21.5 Å². The van der Waals surface area contributed by atoms with Gasteiger partial charge in [0.1, 0.15) is 11.5 Å². The van der Waals surface area contributed by atoms with Gasteiger partial charge < -0.3 is 26.6 Å². The molecule has 0 bridgehead atoms. The highest BCUT2D eigenvalue weighted by atomic mass is 35.5. The van der Waals surface area contributed by atoms with E-state index in [0.29, 0.717) is 64.0 Å². The minimum atomic E-state index is -0.494. The summed E-state index contributed by atoms with van der Waals surface area (Å²) in [5.74, 6) is 0.182. The van der Waals surface area contributed by atoms with Crippen LogP contribution in [-0.2, 0) is 4.79 Å². The lowest BCUT2D eigenvalue weighted by Crippen LogP contribution is -2.19. The van der Waals surface area contributed by atoms with Gasteiger partial charge in [0, 0.05) is 37.3 Å². The number of anilines is 3. The Morgan fingerprint density at radius 3 is 1.79 bits per heavy atom. The summed E-state index contributed by atoms with van der Waals surface area (Å²) in [6.07, 6.45) is 1.43. The van der Waals surface area contributed by atoms with Crippen LogP contribution in [0, 0.1) is 0 Å². The minimum Gasteiger partial charge on any atom is -0.508 e. The molecular formula is C34H22Cl6N4O4. The lowest BCUT2D eigenvalue weighted by Gasteiger charge is -2.13. The van der Waals surface area contributed by atoms with Crippen LogP contribution in [0.1, 0.15) is 0 Å². The van der Waals surface area contributed by atoms with Gasteiger partial charge in [-0.15, -0.1) is 0 Å². The molecule has 0 saturated carbocycles. The van der Waals surface area contributed by atoms with Gasteiger partial charge in [0.05, 0.1) is 37.2 Å². The molecule has 0 fully saturated rings. The third kappa shape index (κ3) is 9.60. The Bertz CT molecular complexity index is 2190. The number of hydrogen-bond acceptors (Lipinski definition) is 6. The molecule has 0 saturated heterocycles. The second kappa shape index (κ2) is 16.6. The third-order valence-electron chi connectivity index (χ3n) is 6.39. The van der Waals surface area contributed by atoms with Gasteiger partial charge in [0.2, 0.25) is 6.08 Å². The second-order valence-corrected chi connectivity index (χ2v) is 12.2. The number of benzene rings is 6. The molecule has 0 spiro atoms. The number of phenolic OH excluding ortho intramolecular Hbond substituents is 2. The number of isocyanates is 1. The molecule has 6 aromatic rings. The van der Waals surface area contributed by atoms with Crippen LogP contribution < -0.4 is 16.4 Å². The van der Waals surface area contributed by atoms with Crippen LogP contribution in [-0.4, -0.2) is 22.3 Å². The third-order valence-corrected chi connectivity index (χ3v) is 8.09. The highest BCUT2D eigenvalue weighted by Gasteiger charge is 2.14. The first kappa shape index (κ1) is 36.5. The molecule has 0 aliphatic carbocycles. The average molecular weight is 763 g/mol. The number of carbonyl (C=O) groups excluding carboxylic acids is 2. The van der Waals surface area contributed by atoms with E-state index in [1.54, 1.807) is 78.9 Å². The predicted molar refractivity (Wildman–Crippen MR) is 199 cm³/mol. The molecule has 0 radical (unpaired) electrons. The van der Waals surface area contributed by atoms with Crippen molar-refractivity contribution in [1.82, 2.24) is 0 Å². The number of rotatable bonds is 3. The normalized spacial score (nSPS) is 10.2. The molecule has 0 aliphatic rings. The fourth-order valence-corrected chi connectivity index (χ4v) is 5.77. The molecule has 0 unspecified atom stereocenters. The Balaban J connectivity index is 0.000000182. The lowest BCUT2D eigenvalue weighted by molar-refractivity contribution is 0.262. The molecule has 14 heteroatoms. The fraction of sp³-hybridized carbons (Fsp3) is 0. The molecule has 244 valence electrons. The lowest BCUT2D eigenvalue weighted by atomic mass is 10.1. The van der Waals surface area contributed by atoms with E-state index in [9.17, 15) is 19.8 Å². The maximum atomic E-state index is 12.2. The zero-order chi connectivity index (χ0) is 35.0. The zero-order valence-corrected chi connectivity index (χ0v) is 28.8. The molecule has 6 N–H and O–H groups in total. The summed E-state index contributed by atoms with van der Waals surface area (Å²) in [4.78, 5) is 25.4. The van der Waals surface area contributed by atoms with Crippen molar-refractivity contribution in [3.8, 4) is 11.5 Å². The zero-order valence-electron chi connectivity index (χ0n) is 24.2. The SMILES string of the molecule is Nc1c(Cl)cc(Cl)c2ccc(O)cc12.O=C(Nc1cccc(Cl)c1)Nc1c(Cl)cc(Cl)c2ccc(O)cc12.O=C=Nc1cccc(Cl)c1. The number of nitrogens with two attached hydrogens (primary N) is 1. The highest BCUT2D eigenvalue weighted by Crippen LogP contribution is 2.38. The number of phenols is 2. The maximum Gasteiger partial charge on any atom is 0.323 e. The van der Waals surface area contributed by atoms with Crippen molar-refractivity contribution in [2.75, 3.05) is 16.4 Å². The molecule has 0 heterocycles. The van der Waals surface area contributed by atoms with Crippen molar-refractivity contribution in [3.63, 3.8) is 0 Å². The van der Waals surface area contributed by atoms with Gasteiger partial charge in [-0.2, -0.15) is 4.99 Å². The molecule has 48 heavy (non-hydrogen) atoms. The Morgan fingerprint density at radius 2 is 1.19 bits per heavy atom. The van der Waals surface area contributed by atoms with Crippen LogP contribution in [0.4, 0.5) is 27.5 Å². The number of carbonyl (C=O) groups is 1. The van der Waals surface area contributed by atoms with Gasteiger partial charge >= 0.3 is 6.03 Å². The summed E-state index contributed by atoms with van der Waals surface area (Å²) >= 11 is 35.7. The molecule has 0 atom stereocenters. The Labute approximate surface area is 304 Å². The Morgan fingerprint density at radius 1 is 0.625 bits per heavy atom. The van der Waals surface area contributed by atoms with Gasteiger partial charge in [0.25, 0.3) is 0 Å². The van der Waals surface area contributed by atoms with Crippen LogP contribution in [0.2, 0.25) is 30.1 Å². The maximum absolute atomic E-state index is 12.2. The Kier molecular flexibility index (Phi) is 12.6. The fourth-order valence-electron chi connectivity index (χ4n) is 4.26. The van der Waals surface area contributed by atoms with Crippen molar-refractivity contribution in [3.05, 3.63) is 127 Å². The topological polar surface area (TPSA) is 137 Å². The summed E-state index contributed by atoms with van der Waals surface area (Å²) in [6.45, 7) is 0. The first-order valence-corrected chi connectivity index (χ1v) is 15.8. The van der Waals surface area contributed by atoms with Crippen molar-refractivity contribution in [1.29, 1.82) is 0 Å². The number of nitrogens with one attached hydrogen (secondary N) is 2. The number of amides is 2. The van der Waals surface area contributed by atoms with E-state index < -0.39 is 6.03 Å². The number of aromatic hydroxyl groups is 2. The van der Waals surface area contributed by atoms with E-state index in [0.717, 1.165) is 5.39 Å². The van der Waals surface area contributed by atoms with Gasteiger partial charge in [-0.05, 0) is 84.9 Å². The number of fused-ring (bicyclic) bond motifs is 2. The van der Waals surface area contributed by atoms with Crippen LogP contribution in [0.3, 0.4) is 0 Å². The number of urea groups is 1. The van der Waals surface area contributed by atoms with E-state index in [2.05, 4.69) is 15.6 Å². The molecular weight excluding hydrogens is 741 g/mol. The molecule has 0 aliphatic heterocycles. The highest BCUT2D eigenvalue weighted by molar-refractivity contribution is 6.42. The second-order valence-electron chi connectivity index (χ2n) is 9.70. The monoisotopic (exact) mass is 760 g/mol. The quantitative estimate of drug-likeness (QED) is 0.0694. The average Bonchev–Trinajstić information content (AvgIpc) is 3.02. The smallest absolute Gasteiger partial charge is 0.323 e. The summed E-state index contributed by atoms with van der Waals surface area (Å²) in [5, 5.41) is 29.7. The van der Waals surface area contributed by atoms with Crippen LogP contribution in [0.5, 0.6) is 11.5 Å². The summed E-state index contributed by atoms with van der Waals surface area (Å²) in [6, 6.07) is 25.6. The summed E-state index contributed by atoms with van der Waals surface area (Å²) in [7, 11) is 0. The Hall–Kier alpha value is -4.37. The van der Waals surface area contributed by atoms with Gasteiger partial charge in [-0.3, -0.25) is 0 Å². The van der Waals surface area contributed by atoms with Crippen molar-refractivity contribution >= 4 is 126 Å². The van der Waals surface area contributed by atoms with E-state index in [-0.39, 0.29) is 16.5 Å². The summed E-state index contributed by atoms with van der Waals surface area (Å²) < 4.78 is 0. The number of nitrogen functional groups attached to an aromatic ring is 1. The molecule has 6 aromatic carbocycles. The van der Waals surface area contributed by atoms with Crippen molar-refractivity contribution in [2.24, 2.45) is 4.99 Å². The standard InChI is InChI=1S/C17H11Cl3N2O2.C10H7Cl2NO.C7H4ClNO/c18-9-2-1-3-10(6-9)21-17(24)22-16-13-7-11(23)4-5-12(13)14(19)8-15(16)20;11-8-4-9(12)10(13)7-3-5(14)1-2-6(7)8;8-6-2-1-3-7(4-6)9-5-10/h1-8,23H,(H2,21,22,24);1-4,14H,13H2;1-4H. The summed E-state index contributed by atoms with van der Waals surface area (Å²) in [5.41, 5.74) is 7.61. The van der Waals surface area contributed by atoms with E-state index in [4.69, 9.17) is 75.3 Å². The van der Waals surface area contributed by atoms with Gasteiger partial charge in [-0.25, -0.2) is 9.59 Å². The minimum absolute atomic E-state index is 0.0409. The van der Waals surface area contributed by atoms with E-state index in [1.165, 1.54) is 24.3 Å². The molecule has 2 amide bonds. The van der Waals surface area contributed by atoms with Crippen LogP contribution >= 0.6 is 69.6 Å². The van der Waals surface area contributed by atoms with Gasteiger partial charge in [0.15, 0.2) is 0 Å². The first-order chi connectivity index (χ1) is 22.9. The van der Waals surface area contributed by atoms with E-state index >= 15 is 0 Å². The number of aliphatic imine (C=N–C) groups is 1.